The molecule has 0 fully saturated rings. The average molecular weight is 1110 g/mol. The van der Waals surface area contributed by atoms with Crippen molar-refractivity contribution in [2.45, 2.75) is 26.2 Å². The van der Waals surface area contributed by atoms with Crippen LogP contribution in [0.4, 0.5) is 0 Å². The maximum atomic E-state index is 6.88. The van der Waals surface area contributed by atoms with Crippen LogP contribution in [0.2, 0.25) is 0 Å². The van der Waals surface area contributed by atoms with Gasteiger partial charge in [-0.15, -0.1) is 29.7 Å². The molecule has 14 rings (SSSR count). The Morgan fingerprint density at radius 3 is 1.71 bits per heavy atom. The van der Waals surface area contributed by atoms with E-state index in [-0.39, 0.29) is 26.5 Å². The molecule has 5 heterocycles. The van der Waals surface area contributed by atoms with Crippen molar-refractivity contribution in [2.24, 2.45) is 0 Å². The van der Waals surface area contributed by atoms with Crippen molar-refractivity contribution in [3.8, 4) is 40.1 Å². The van der Waals surface area contributed by atoms with Gasteiger partial charge in [-0.3, -0.25) is 4.57 Å². The zero-order chi connectivity index (χ0) is 47.4. The van der Waals surface area contributed by atoms with Crippen LogP contribution in [0.1, 0.15) is 26.3 Å². The molecule has 0 atom stereocenters. The molecule has 348 valence electrons. The summed E-state index contributed by atoms with van der Waals surface area (Å²) in [7, 11) is 0. The van der Waals surface area contributed by atoms with Crippen LogP contribution in [0.5, 0.6) is 11.5 Å². The number of para-hydroxylation sites is 7. The van der Waals surface area contributed by atoms with Crippen molar-refractivity contribution < 1.29 is 30.4 Å². The fraction of sp³-hybridized carbons (Fsp3) is 0.0625. The van der Waals surface area contributed by atoms with Gasteiger partial charge in [0.15, 0.2) is 0 Å². The van der Waals surface area contributed by atoms with Gasteiger partial charge in [-0.05, 0) is 82.7 Å². The van der Waals surface area contributed by atoms with Crippen molar-refractivity contribution in [1.29, 1.82) is 0 Å². The van der Waals surface area contributed by atoms with Crippen LogP contribution < -0.4 is 9.30 Å². The fourth-order valence-electron chi connectivity index (χ4n) is 10.8. The van der Waals surface area contributed by atoms with Gasteiger partial charge in [-0.25, -0.2) is 4.98 Å². The Balaban J connectivity index is 0.00000504. The van der Waals surface area contributed by atoms with Crippen LogP contribution in [-0.4, -0.2) is 23.3 Å². The summed E-state index contributed by atoms with van der Waals surface area (Å²) >= 11 is 0. The molecule has 0 aliphatic rings. The number of rotatable bonds is 7. The Morgan fingerprint density at radius 2 is 1.03 bits per heavy atom. The van der Waals surface area contributed by atoms with Gasteiger partial charge in [0.05, 0.1) is 44.3 Å². The molecule has 72 heavy (non-hydrogen) atoms. The van der Waals surface area contributed by atoms with Crippen LogP contribution in [0.3, 0.4) is 0 Å². The maximum absolute atomic E-state index is 6.88. The molecule has 0 bridgehead atoms. The van der Waals surface area contributed by atoms with E-state index in [4.69, 9.17) is 9.72 Å². The number of ether oxygens (including phenoxy) is 1. The Morgan fingerprint density at radius 1 is 0.472 bits per heavy atom. The normalized spacial score (nSPS) is 12.0. The Bertz CT molecular complexity index is 4410. The van der Waals surface area contributed by atoms with Gasteiger partial charge in [0.1, 0.15) is 5.82 Å². The second-order valence-corrected chi connectivity index (χ2v) is 19.2. The summed E-state index contributed by atoms with van der Waals surface area (Å²) in [6, 6.07) is 79.9. The molecule has 5 aromatic heterocycles. The zero-order valence-electron chi connectivity index (χ0n) is 39.6. The van der Waals surface area contributed by atoms with E-state index in [2.05, 4.69) is 221 Å². The number of imidazole rings is 1. The number of fused-ring (bicyclic) bond motifs is 13. The molecule has 0 aliphatic heterocycles. The Kier molecular flexibility index (Phi) is 10.2. The summed E-state index contributed by atoms with van der Waals surface area (Å²) in [5.74, 6) is 1.93. The molecule has 7 nitrogen and oxygen atoms in total. The van der Waals surface area contributed by atoms with E-state index in [9.17, 15) is 0 Å². The monoisotopic (exact) mass is 1110 g/mol. The third-order valence-electron chi connectivity index (χ3n) is 14.0. The van der Waals surface area contributed by atoms with E-state index >= 15 is 0 Å². The molecule has 0 saturated heterocycles. The smallest absolute Gasteiger partial charge is 0.268 e. The first kappa shape index (κ1) is 43.5. The minimum Gasteiger partial charge on any atom is -0.510 e. The number of aromatic nitrogens is 6. The Labute approximate surface area is 430 Å². The molecular formula is C64H44N6OPt-2. The van der Waals surface area contributed by atoms with Gasteiger partial charge in [0.2, 0.25) is 0 Å². The molecule has 0 aliphatic carbocycles. The van der Waals surface area contributed by atoms with Gasteiger partial charge in [0.25, 0.3) is 6.33 Å². The number of benzene rings is 9. The van der Waals surface area contributed by atoms with Gasteiger partial charge >= 0.3 is 0 Å². The summed E-state index contributed by atoms with van der Waals surface area (Å²) in [5, 5.41) is 6.82. The minimum atomic E-state index is -0.136. The molecule has 0 amide bonds. The standard InChI is InChI=1S/C64H44N6O.Pt/c1-64(2,3)42-36-37-65-57(38-42)70-56-40-48(71-47-27-19-26-46(39-47)67-41-66(43-20-7-4-8-21-43)54-32-17-18-33-55(54)67)34-35-51(56)59-58-49-28-13-15-30-52(49)68(44-22-9-5-10-23-44)61(58)60-50-29-14-16-31-53(50)69(63(60)62(59)70)45-24-11-6-12-25-45;/h4-38H,1-3H3;/q-2;. The maximum Gasteiger partial charge on any atom is 0.268 e. The summed E-state index contributed by atoms with van der Waals surface area (Å²) in [6.07, 6.45) is 5.54. The molecule has 0 spiro atoms. The summed E-state index contributed by atoms with van der Waals surface area (Å²) < 4.78 is 18.3. The molecule has 8 heteroatoms. The van der Waals surface area contributed by atoms with Crippen molar-refractivity contribution in [2.75, 3.05) is 0 Å². The topological polar surface area (TPSA) is 45.7 Å². The largest absolute Gasteiger partial charge is 0.510 e. The van der Waals surface area contributed by atoms with E-state index in [1.807, 2.05) is 53.2 Å². The van der Waals surface area contributed by atoms with Crippen molar-refractivity contribution in [3.05, 3.63) is 236 Å². The number of nitrogens with zero attached hydrogens (tertiary/aromatic N) is 6. The molecule has 9 aromatic carbocycles. The third-order valence-corrected chi connectivity index (χ3v) is 14.0. The number of pyridine rings is 1. The average Bonchev–Trinajstić information content (AvgIpc) is 4.16. The van der Waals surface area contributed by atoms with Gasteiger partial charge in [-0.2, -0.15) is 18.2 Å². The molecular weight excluding hydrogens is 1060 g/mol. The summed E-state index contributed by atoms with van der Waals surface area (Å²) in [6.45, 7) is 6.76. The van der Waals surface area contributed by atoms with Crippen molar-refractivity contribution in [3.63, 3.8) is 0 Å². The predicted octanol–water partition coefficient (Wildman–Crippen LogP) is 15.1. The minimum absolute atomic E-state index is 0. The number of hydrogen-bond donors (Lipinski definition) is 0. The van der Waals surface area contributed by atoms with Gasteiger partial charge in [-0.1, -0.05) is 142 Å². The zero-order valence-corrected chi connectivity index (χ0v) is 41.9. The molecule has 0 N–H and O–H groups in total. The van der Waals surface area contributed by atoms with Crippen LogP contribution in [0.25, 0.3) is 105 Å². The van der Waals surface area contributed by atoms with E-state index in [0.29, 0.717) is 11.5 Å². The first-order valence-corrected chi connectivity index (χ1v) is 24.1. The van der Waals surface area contributed by atoms with Crippen LogP contribution in [0, 0.1) is 18.5 Å². The SMILES string of the molecule is CC(C)(C)c1ccnc(-n2c3[c-]c(Oc4[c-]c(-[n+]5[c-]n(-c6ccccc6)c6ccccc65)ccc4)ccc3c3c4c5ccccc5n(-c5ccccc5)c4c4c5ccccc5n(-c5ccccc5)c4c32)c1.[Pt]. The summed E-state index contributed by atoms with van der Waals surface area (Å²) in [4.78, 5) is 5.23. The molecule has 0 radical (unpaired) electrons. The van der Waals surface area contributed by atoms with E-state index in [1.165, 1.54) is 16.3 Å². The predicted molar refractivity (Wildman–Crippen MR) is 287 cm³/mol. The van der Waals surface area contributed by atoms with Crippen LogP contribution in [-0.2, 0) is 26.5 Å². The second-order valence-electron chi connectivity index (χ2n) is 19.2. The van der Waals surface area contributed by atoms with Crippen molar-refractivity contribution in [1.82, 2.24) is 23.3 Å². The first-order chi connectivity index (χ1) is 34.9. The van der Waals surface area contributed by atoms with Gasteiger partial charge in [0, 0.05) is 71.7 Å². The quantitative estimate of drug-likeness (QED) is 0.118. The first-order valence-electron chi connectivity index (χ1n) is 24.1. The van der Waals surface area contributed by atoms with Gasteiger partial charge < -0.3 is 23.0 Å². The number of hydrogen-bond acceptors (Lipinski definition) is 2. The Hall–Kier alpha value is -8.51. The summed E-state index contributed by atoms with van der Waals surface area (Å²) in [5.41, 5.74) is 13.5. The molecule has 14 aromatic rings. The van der Waals surface area contributed by atoms with E-state index in [0.717, 1.165) is 94.2 Å². The second kappa shape index (κ2) is 16.8. The van der Waals surface area contributed by atoms with Crippen molar-refractivity contribution >= 4 is 76.5 Å². The van der Waals surface area contributed by atoms with E-state index in [1.54, 1.807) is 0 Å². The van der Waals surface area contributed by atoms with Crippen LogP contribution in [0.15, 0.2) is 212 Å². The molecule has 0 saturated carbocycles. The fourth-order valence-corrected chi connectivity index (χ4v) is 10.8. The molecule has 0 unspecified atom stereocenters. The van der Waals surface area contributed by atoms with Crippen LogP contribution >= 0.6 is 0 Å². The van der Waals surface area contributed by atoms with E-state index < -0.39 is 0 Å². The third kappa shape index (κ3) is 6.68.